The van der Waals surface area contributed by atoms with E-state index in [0.29, 0.717) is 0 Å². The molecule has 3 heterocycles. The first-order chi connectivity index (χ1) is 27.6. The van der Waals surface area contributed by atoms with Gasteiger partial charge in [0.25, 0.3) is 0 Å². The second kappa shape index (κ2) is 13.7. The minimum absolute atomic E-state index is 0.0390. The summed E-state index contributed by atoms with van der Waals surface area (Å²) in [6.07, 6.45) is 1.92. The molecule has 4 heteroatoms. The van der Waals surface area contributed by atoms with E-state index in [1.54, 1.807) is 0 Å². The third-order valence-corrected chi connectivity index (χ3v) is 11.6. The first-order valence-electron chi connectivity index (χ1n) is 20.5. The lowest BCUT2D eigenvalue weighted by atomic mass is 9.84. The van der Waals surface area contributed by atoms with Crippen LogP contribution in [0.2, 0.25) is 0 Å². The standard InChI is InChI=1S/C54H52N4/c1-52(2,3)40-23-24-46-43(31-40)44-32-41(53(4,5)6)33-45(49(44)56-46)51-57-50-42(21-16-22-48(50)58(51)54(7,8)9)38-27-37(35-19-14-11-15-20-35)28-39(29-38)47-30-36(25-26-55-47)34-17-12-10-13-18-34/h10-33,56H,1-9H3. The van der Waals surface area contributed by atoms with Crippen molar-refractivity contribution in [3.63, 3.8) is 0 Å². The molecule has 3 aromatic heterocycles. The number of rotatable bonds is 5. The largest absolute Gasteiger partial charge is 0.354 e. The number of hydrogen-bond acceptors (Lipinski definition) is 2. The van der Waals surface area contributed by atoms with Crippen LogP contribution in [-0.4, -0.2) is 19.5 Å². The van der Waals surface area contributed by atoms with Crippen molar-refractivity contribution in [3.05, 3.63) is 157 Å². The molecule has 4 nitrogen and oxygen atoms in total. The highest BCUT2D eigenvalue weighted by molar-refractivity contribution is 6.12. The Morgan fingerprint density at radius 1 is 0.483 bits per heavy atom. The average molecular weight is 757 g/mol. The number of pyridine rings is 1. The zero-order chi connectivity index (χ0) is 40.6. The molecule has 6 aromatic carbocycles. The predicted molar refractivity (Wildman–Crippen MR) is 246 cm³/mol. The maximum Gasteiger partial charge on any atom is 0.143 e. The van der Waals surface area contributed by atoms with E-state index < -0.39 is 0 Å². The van der Waals surface area contributed by atoms with Gasteiger partial charge in [-0.05, 0) is 131 Å². The molecular weight excluding hydrogens is 705 g/mol. The Hall–Kier alpha value is -6.26. The van der Waals surface area contributed by atoms with Gasteiger partial charge in [-0.15, -0.1) is 0 Å². The van der Waals surface area contributed by atoms with E-state index in [1.165, 1.54) is 27.5 Å². The zero-order valence-corrected chi connectivity index (χ0v) is 35.2. The molecule has 288 valence electrons. The van der Waals surface area contributed by atoms with Crippen LogP contribution in [0.25, 0.3) is 88.9 Å². The number of fused-ring (bicyclic) bond motifs is 4. The van der Waals surface area contributed by atoms with E-state index in [0.717, 1.165) is 72.5 Å². The van der Waals surface area contributed by atoms with E-state index >= 15 is 0 Å². The summed E-state index contributed by atoms with van der Waals surface area (Å²) in [6.45, 7) is 20.6. The Kier molecular flexibility index (Phi) is 8.81. The van der Waals surface area contributed by atoms with Crippen molar-refractivity contribution in [2.45, 2.75) is 78.7 Å². The minimum atomic E-state index is -0.267. The normalized spacial score (nSPS) is 12.6. The van der Waals surface area contributed by atoms with Crippen molar-refractivity contribution < 1.29 is 0 Å². The maximum atomic E-state index is 5.71. The van der Waals surface area contributed by atoms with Crippen molar-refractivity contribution in [2.75, 3.05) is 0 Å². The van der Waals surface area contributed by atoms with Gasteiger partial charge in [-0.1, -0.05) is 120 Å². The van der Waals surface area contributed by atoms with Crippen LogP contribution in [0.15, 0.2) is 146 Å². The number of benzene rings is 6. The Bertz CT molecular complexity index is 2980. The van der Waals surface area contributed by atoms with Crippen LogP contribution < -0.4 is 0 Å². The highest BCUT2D eigenvalue weighted by Gasteiger charge is 2.28. The van der Waals surface area contributed by atoms with Gasteiger partial charge in [0.2, 0.25) is 0 Å². The van der Waals surface area contributed by atoms with Crippen LogP contribution in [0.3, 0.4) is 0 Å². The topological polar surface area (TPSA) is 46.5 Å². The van der Waals surface area contributed by atoms with Crippen LogP contribution in [-0.2, 0) is 16.4 Å². The smallest absolute Gasteiger partial charge is 0.143 e. The summed E-state index contributed by atoms with van der Waals surface area (Å²) in [5.74, 6) is 0.963. The molecule has 1 N–H and O–H groups in total. The molecule has 0 unspecified atom stereocenters. The second-order valence-electron chi connectivity index (χ2n) is 18.9. The van der Waals surface area contributed by atoms with Gasteiger partial charge in [-0.3, -0.25) is 4.98 Å². The molecular formula is C54H52N4. The van der Waals surface area contributed by atoms with Gasteiger partial charge in [0.1, 0.15) is 5.82 Å². The number of H-pyrrole nitrogens is 1. The number of aromatic nitrogens is 4. The van der Waals surface area contributed by atoms with E-state index in [2.05, 4.69) is 211 Å². The first kappa shape index (κ1) is 37.3. The fourth-order valence-electron chi connectivity index (χ4n) is 8.39. The summed E-state index contributed by atoms with van der Waals surface area (Å²) in [7, 11) is 0. The summed E-state index contributed by atoms with van der Waals surface area (Å²) in [4.78, 5) is 14.5. The van der Waals surface area contributed by atoms with E-state index in [1.807, 2.05) is 6.20 Å². The number of nitrogens with one attached hydrogen (secondary N) is 1. The number of para-hydroxylation sites is 1. The lowest BCUT2D eigenvalue weighted by Crippen LogP contribution is -2.23. The Labute approximate surface area is 342 Å². The SMILES string of the molecule is CC(C)(C)c1ccc2[nH]c3c(-c4nc5c(-c6cc(-c7ccccc7)cc(-c7cc(-c8ccccc8)ccn7)c6)cccc5n4C(C)(C)C)cc(C(C)(C)C)cc3c2c1. The fourth-order valence-corrected chi connectivity index (χ4v) is 8.39. The molecule has 0 amide bonds. The van der Waals surface area contributed by atoms with Crippen molar-refractivity contribution in [1.82, 2.24) is 19.5 Å². The van der Waals surface area contributed by atoms with E-state index in [4.69, 9.17) is 9.97 Å². The van der Waals surface area contributed by atoms with Crippen LogP contribution in [0.4, 0.5) is 0 Å². The van der Waals surface area contributed by atoms with Crippen LogP contribution in [0, 0.1) is 0 Å². The predicted octanol–water partition coefficient (Wildman–Crippen LogP) is 14.8. The van der Waals surface area contributed by atoms with Gasteiger partial charge in [0.15, 0.2) is 0 Å². The van der Waals surface area contributed by atoms with Crippen molar-refractivity contribution in [1.29, 1.82) is 0 Å². The lowest BCUT2D eigenvalue weighted by Gasteiger charge is -2.26. The highest BCUT2D eigenvalue weighted by atomic mass is 15.1. The Morgan fingerprint density at radius 2 is 1.12 bits per heavy atom. The summed E-state index contributed by atoms with van der Waals surface area (Å²) >= 11 is 0. The van der Waals surface area contributed by atoms with Crippen LogP contribution in [0.1, 0.15) is 73.4 Å². The van der Waals surface area contributed by atoms with Gasteiger partial charge >= 0.3 is 0 Å². The molecule has 9 rings (SSSR count). The van der Waals surface area contributed by atoms with E-state index in [-0.39, 0.29) is 16.4 Å². The van der Waals surface area contributed by atoms with E-state index in [9.17, 15) is 0 Å². The molecule has 0 aliphatic heterocycles. The molecule has 0 spiro atoms. The quantitative estimate of drug-likeness (QED) is 0.190. The molecule has 0 atom stereocenters. The third-order valence-electron chi connectivity index (χ3n) is 11.6. The first-order valence-corrected chi connectivity index (χ1v) is 20.5. The summed E-state index contributed by atoms with van der Waals surface area (Å²) in [5.41, 5.74) is 16.6. The molecule has 0 aliphatic rings. The minimum Gasteiger partial charge on any atom is -0.354 e. The van der Waals surface area contributed by atoms with Gasteiger partial charge in [-0.25, -0.2) is 4.98 Å². The third kappa shape index (κ3) is 6.71. The summed E-state index contributed by atoms with van der Waals surface area (Å²) in [6, 6.07) is 50.7. The highest BCUT2D eigenvalue weighted by Crippen LogP contribution is 2.43. The molecule has 0 aliphatic carbocycles. The van der Waals surface area contributed by atoms with Crippen molar-refractivity contribution >= 4 is 32.8 Å². The molecule has 0 radical (unpaired) electrons. The number of nitrogens with zero attached hydrogens (tertiary/aromatic N) is 3. The van der Waals surface area contributed by atoms with Crippen LogP contribution in [0.5, 0.6) is 0 Å². The molecule has 58 heavy (non-hydrogen) atoms. The van der Waals surface area contributed by atoms with Crippen molar-refractivity contribution in [3.8, 4) is 56.0 Å². The average Bonchev–Trinajstić information content (AvgIpc) is 3.79. The Balaban J connectivity index is 1.31. The maximum absolute atomic E-state index is 5.71. The number of imidazole rings is 1. The summed E-state index contributed by atoms with van der Waals surface area (Å²) in [5, 5.41) is 2.49. The van der Waals surface area contributed by atoms with Gasteiger partial charge in [-0.2, -0.15) is 0 Å². The van der Waals surface area contributed by atoms with Gasteiger partial charge < -0.3 is 9.55 Å². The summed E-state index contributed by atoms with van der Waals surface area (Å²) < 4.78 is 2.45. The molecule has 0 bridgehead atoms. The van der Waals surface area contributed by atoms with Gasteiger partial charge in [0, 0.05) is 44.7 Å². The molecule has 9 aromatic rings. The van der Waals surface area contributed by atoms with Crippen molar-refractivity contribution in [2.24, 2.45) is 0 Å². The van der Waals surface area contributed by atoms with Crippen LogP contribution >= 0.6 is 0 Å². The molecule has 0 fully saturated rings. The second-order valence-corrected chi connectivity index (χ2v) is 18.9. The van der Waals surface area contributed by atoms with Gasteiger partial charge in [0.05, 0.1) is 22.2 Å². The fraction of sp³-hybridized carbons (Fsp3) is 0.222. The lowest BCUT2D eigenvalue weighted by molar-refractivity contribution is 0.413. The number of hydrogen-bond donors (Lipinski definition) is 1. The molecule has 0 saturated carbocycles. The number of aromatic amines is 1. The monoisotopic (exact) mass is 756 g/mol. The zero-order valence-electron chi connectivity index (χ0n) is 35.2. The molecule has 0 saturated heterocycles. The Morgan fingerprint density at radius 3 is 1.79 bits per heavy atom.